The van der Waals surface area contributed by atoms with Gasteiger partial charge in [0.15, 0.2) is 0 Å². The molecule has 1 saturated heterocycles. The minimum absolute atomic E-state index is 0.0127. The van der Waals surface area contributed by atoms with Crippen LogP contribution in [0.4, 0.5) is 0 Å². The molecule has 0 bridgehead atoms. The summed E-state index contributed by atoms with van der Waals surface area (Å²) in [4.78, 5) is 35.6. The van der Waals surface area contributed by atoms with Crippen molar-refractivity contribution in [3.8, 4) is 0 Å². The number of nitrogens with one attached hydrogen (secondary N) is 1. The summed E-state index contributed by atoms with van der Waals surface area (Å²) in [5.41, 5.74) is -0.614. The first-order valence-corrected chi connectivity index (χ1v) is 6.11. The second kappa shape index (κ2) is 5.56. The lowest BCUT2D eigenvalue weighted by Crippen LogP contribution is -2.47. The van der Waals surface area contributed by atoms with Gasteiger partial charge in [0.1, 0.15) is 6.04 Å². The topological polar surface area (TPSA) is 107 Å². The number of aliphatic hydroxyl groups excluding tert-OH is 1. The van der Waals surface area contributed by atoms with Gasteiger partial charge in [-0.15, -0.1) is 0 Å². The molecule has 19 heavy (non-hydrogen) atoms. The van der Waals surface area contributed by atoms with Crippen LogP contribution in [0.5, 0.6) is 0 Å². The smallest absolute Gasteiger partial charge is 0.326 e. The fourth-order valence-corrected chi connectivity index (χ4v) is 1.85. The van der Waals surface area contributed by atoms with Gasteiger partial charge in [-0.25, -0.2) is 4.79 Å². The molecule has 0 aliphatic carbocycles. The average molecular weight is 272 g/mol. The summed E-state index contributed by atoms with van der Waals surface area (Å²) in [5, 5.41) is 20.9. The van der Waals surface area contributed by atoms with Crippen molar-refractivity contribution >= 4 is 17.8 Å². The Morgan fingerprint density at radius 1 is 1.32 bits per heavy atom. The van der Waals surface area contributed by atoms with Crippen LogP contribution in [0.25, 0.3) is 0 Å². The van der Waals surface area contributed by atoms with Crippen LogP contribution in [-0.2, 0) is 14.4 Å². The summed E-state index contributed by atoms with van der Waals surface area (Å²) in [5.74, 6) is -1.93. The highest BCUT2D eigenvalue weighted by Crippen LogP contribution is 2.18. The Morgan fingerprint density at radius 2 is 1.89 bits per heavy atom. The van der Waals surface area contributed by atoms with Crippen molar-refractivity contribution in [3.05, 3.63) is 0 Å². The molecule has 1 aliphatic rings. The zero-order valence-electron chi connectivity index (χ0n) is 11.3. The zero-order chi connectivity index (χ0) is 14.8. The van der Waals surface area contributed by atoms with E-state index < -0.39 is 29.4 Å². The van der Waals surface area contributed by atoms with E-state index in [1.54, 1.807) is 20.8 Å². The molecule has 3 N–H and O–H groups in total. The fraction of sp³-hybridized carbons (Fsp3) is 0.750. The number of carbonyl (C=O) groups excluding carboxylic acids is 2. The lowest BCUT2D eigenvalue weighted by Gasteiger charge is -2.23. The molecule has 1 heterocycles. The van der Waals surface area contributed by atoms with Gasteiger partial charge >= 0.3 is 5.97 Å². The maximum absolute atomic E-state index is 11.9. The van der Waals surface area contributed by atoms with Crippen LogP contribution < -0.4 is 5.32 Å². The summed E-state index contributed by atoms with van der Waals surface area (Å²) in [6.07, 6.45) is -0.808. The Morgan fingerprint density at radius 3 is 2.37 bits per heavy atom. The van der Waals surface area contributed by atoms with Crippen LogP contribution in [0.2, 0.25) is 0 Å². The van der Waals surface area contributed by atoms with Gasteiger partial charge in [-0.2, -0.15) is 0 Å². The average Bonchev–Trinajstić information content (AvgIpc) is 2.66. The maximum Gasteiger partial charge on any atom is 0.326 e. The number of carboxylic acids is 1. The number of carbonyl (C=O) groups is 3. The number of amides is 2. The molecule has 0 aromatic rings. The predicted octanol–water partition coefficient (Wildman–Crippen LogP) is -0.805. The second-order valence-corrected chi connectivity index (χ2v) is 5.72. The maximum atomic E-state index is 11.9. The zero-order valence-corrected chi connectivity index (χ0v) is 11.3. The quantitative estimate of drug-likeness (QED) is 0.623. The van der Waals surface area contributed by atoms with E-state index in [1.165, 1.54) is 0 Å². The van der Waals surface area contributed by atoms with Gasteiger partial charge in [0.2, 0.25) is 11.8 Å². The molecular formula is C12H20N2O5. The molecule has 7 heteroatoms. The van der Waals surface area contributed by atoms with Crippen molar-refractivity contribution in [1.29, 1.82) is 0 Å². The highest BCUT2D eigenvalue weighted by molar-refractivity contribution is 5.89. The van der Waals surface area contributed by atoms with Gasteiger partial charge in [-0.05, 0) is 0 Å². The minimum Gasteiger partial charge on any atom is -0.480 e. The highest BCUT2D eigenvalue weighted by Gasteiger charge is 2.38. The summed E-state index contributed by atoms with van der Waals surface area (Å²) >= 11 is 0. The van der Waals surface area contributed by atoms with Crippen LogP contribution in [0.3, 0.4) is 0 Å². The van der Waals surface area contributed by atoms with Crippen LogP contribution in [0, 0.1) is 5.41 Å². The molecule has 108 valence electrons. The van der Waals surface area contributed by atoms with Gasteiger partial charge < -0.3 is 20.4 Å². The summed E-state index contributed by atoms with van der Waals surface area (Å²) in [6, 6.07) is -1.02. The van der Waals surface area contributed by atoms with E-state index in [9.17, 15) is 19.5 Å². The lowest BCUT2D eigenvalue weighted by atomic mass is 9.96. The summed E-state index contributed by atoms with van der Waals surface area (Å²) in [7, 11) is 0. The first kappa shape index (κ1) is 15.4. The Balaban J connectivity index is 2.58. The van der Waals surface area contributed by atoms with Crippen molar-refractivity contribution in [2.24, 2.45) is 5.41 Å². The Bertz CT molecular complexity index is 388. The molecule has 0 radical (unpaired) electrons. The normalized spacial score (nSPS) is 23.3. The molecule has 1 unspecified atom stereocenters. The molecule has 0 aromatic heterocycles. The molecule has 0 spiro atoms. The first-order chi connectivity index (χ1) is 8.62. The standard InChI is InChI=1S/C12H20N2O5/c1-12(2,3)11(19)13-5-9(16)14-6-7(15)4-8(14)10(17)18/h7-8,15H,4-6H2,1-3H3,(H,13,19)(H,17,18)/t7?,8-/m0/s1. The van der Waals surface area contributed by atoms with Crippen LogP contribution >= 0.6 is 0 Å². The fourth-order valence-electron chi connectivity index (χ4n) is 1.85. The largest absolute Gasteiger partial charge is 0.480 e. The summed E-state index contributed by atoms with van der Waals surface area (Å²) < 4.78 is 0. The number of aliphatic hydroxyl groups is 1. The van der Waals surface area contributed by atoms with Gasteiger partial charge in [-0.1, -0.05) is 20.8 Å². The van der Waals surface area contributed by atoms with E-state index in [0.29, 0.717) is 0 Å². The Kier molecular flexibility index (Phi) is 4.52. The van der Waals surface area contributed by atoms with E-state index in [1.807, 2.05) is 0 Å². The number of aliphatic carboxylic acids is 1. The molecule has 1 fully saturated rings. The van der Waals surface area contributed by atoms with Crippen molar-refractivity contribution in [3.63, 3.8) is 0 Å². The third-order valence-electron chi connectivity index (χ3n) is 2.97. The van der Waals surface area contributed by atoms with Crippen molar-refractivity contribution < 1.29 is 24.6 Å². The van der Waals surface area contributed by atoms with Gasteiger partial charge in [0, 0.05) is 18.4 Å². The Hall–Kier alpha value is -1.63. The van der Waals surface area contributed by atoms with Gasteiger partial charge in [0.05, 0.1) is 12.6 Å². The monoisotopic (exact) mass is 272 g/mol. The second-order valence-electron chi connectivity index (χ2n) is 5.72. The molecule has 7 nitrogen and oxygen atoms in total. The SMILES string of the molecule is CC(C)(C)C(=O)NCC(=O)N1CC(O)C[C@H]1C(=O)O. The van der Waals surface area contributed by atoms with E-state index in [4.69, 9.17) is 5.11 Å². The molecule has 0 aromatic carbocycles. The van der Waals surface area contributed by atoms with Crippen LogP contribution in [0.1, 0.15) is 27.2 Å². The number of nitrogens with zero attached hydrogens (tertiary/aromatic N) is 1. The number of hydrogen-bond donors (Lipinski definition) is 3. The number of hydrogen-bond acceptors (Lipinski definition) is 4. The van der Waals surface area contributed by atoms with Crippen LogP contribution in [0.15, 0.2) is 0 Å². The third kappa shape index (κ3) is 3.92. The minimum atomic E-state index is -1.15. The Labute approximate surface area is 111 Å². The molecule has 1 aliphatic heterocycles. The van der Waals surface area contributed by atoms with E-state index in [2.05, 4.69) is 5.32 Å². The number of carboxylic acid groups (broad SMARTS) is 1. The van der Waals surface area contributed by atoms with E-state index in [0.717, 1.165) is 4.90 Å². The van der Waals surface area contributed by atoms with E-state index in [-0.39, 0.29) is 25.4 Å². The number of rotatable bonds is 3. The molecule has 2 amide bonds. The predicted molar refractivity (Wildman–Crippen MR) is 66.2 cm³/mol. The lowest BCUT2D eigenvalue weighted by molar-refractivity contribution is -0.148. The van der Waals surface area contributed by atoms with Crippen molar-refractivity contribution in [2.45, 2.75) is 39.3 Å². The molecule has 0 saturated carbocycles. The highest BCUT2D eigenvalue weighted by atomic mass is 16.4. The third-order valence-corrected chi connectivity index (χ3v) is 2.97. The molecular weight excluding hydrogens is 252 g/mol. The first-order valence-electron chi connectivity index (χ1n) is 6.11. The van der Waals surface area contributed by atoms with Crippen molar-refractivity contribution in [2.75, 3.05) is 13.1 Å². The van der Waals surface area contributed by atoms with Crippen LogP contribution in [-0.4, -0.2) is 58.1 Å². The van der Waals surface area contributed by atoms with E-state index >= 15 is 0 Å². The molecule has 1 rings (SSSR count). The van der Waals surface area contributed by atoms with Crippen molar-refractivity contribution in [1.82, 2.24) is 10.2 Å². The number of β-amino-alcohol motifs (C(OH)–C–C–N with tert-alkyl or cyclic N) is 1. The van der Waals surface area contributed by atoms with Gasteiger partial charge in [-0.3, -0.25) is 9.59 Å². The van der Waals surface area contributed by atoms with Gasteiger partial charge in [0.25, 0.3) is 0 Å². The summed E-state index contributed by atoms with van der Waals surface area (Å²) in [6.45, 7) is 4.87. The molecule has 2 atom stereocenters. The number of likely N-dealkylation sites (tertiary alicyclic amines) is 1.